The van der Waals surface area contributed by atoms with E-state index in [0.717, 1.165) is 0 Å². The Labute approximate surface area is 120 Å². The molecule has 0 aromatic carbocycles. The largest absolute Gasteiger partial charge is 0.477 e. The van der Waals surface area contributed by atoms with Gasteiger partial charge in [-0.25, -0.2) is 26.4 Å². The van der Waals surface area contributed by atoms with Gasteiger partial charge in [-0.1, -0.05) is 0 Å². The van der Waals surface area contributed by atoms with Gasteiger partial charge in [0.25, 0.3) is 10.0 Å². The predicted molar refractivity (Wildman–Crippen MR) is 73.3 cm³/mol. The molecule has 1 unspecified atom stereocenters. The van der Waals surface area contributed by atoms with Crippen molar-refractivity contribution >= 4 is 37.2 Å². The van der Waals surface area contributed by atoms with Gasteiger partial charge in [-0.3, -0.25) is 0 Å². The number of sulfonamides is 1. The molecule has 0 bridgehead atoms. The van der Waals surface area contributed by atoms with Crippen molar-refractivity contribution in [3.05, 3.63) is 17.0 Å². The Hall–Kier alpha value is -0.970. The van der Waals surface area contributed by atoms with E-state index in [2.05, 4.69) is 4.72 Å². The highest BCUT2D eigenvalue weighted by atomic mass is 32.2. The summed E-state index contributed by atoms with van der Waals surface area (Å²) >= 11 is 0.630. The molecule has 7 nitrogen and oxygen atoms in total. The molecular weight excluding hydrogens is 326 g/mol. The fourth-order valence-electron chi connectivity index (χ4n) is 2.05. The van der Waals surface area contributed by atoms with Gasteiger partial charge >= 0.3 is 5.97 Å². The molecule has 0 radical (unpaired) electrons. The molecule has 1 atom stereocenters. The molecule has 1 aliphatic rings. The van der Waals surface area contributed by atoms with Crippen molar-refractivity contribution < 1.29 is 26.7 Å². The van der Waals surface area contributed by atoms with Crippen LogP contribution in [0.15, 0.2) is 16.3 Å². The first-order valence-electron chi connectivity index (χ1n) is 5.61. The number of rotatable bonds is 4. The SMILES string of the molecule is CC1(NS(=O)(=O)c2ccc(C(=O)O)s2)CCS(=O)(=O)C1. The van der Waals surface area contributed by atoms with Gasteiger partial charge in [0.15, 0.2) is 9.84 Å². The molecule has 10 heteroatoms. The van der Waals surface area contributed by atoms with Crippen LogP contribution in [0.1, 0.15) is 23.0 Å². The van der Waals surface area contributed by atoms with Crippen LogP contribution in [0.4, 0.5) is 0 Å². The van der Waals surface area contributed by atoms with Crippen molar-refractivity contribution in [2.24, 2.45) is 0 Å². The van der Waals surface area contributed by atoms with E-state index in [1.54, 1.807) is 0 Å². The second kappa shape index (κ2) is 4.79. The van der Waals surface area contributed by atoms with Crippen molar-refractivity contribution in [2.45, 2.75) is 23.1 Å². The summed E-state index contributed by atoms with van der Waals surface area (Å²) in [6, 6.07) is 2.40. The first-order chi connectivity index (χ1) is 9.03. The maximum atomic E-state index is 12.2. The lowest BCUT2D eigenvalue weighted by Crippen LogP contribution is -2.46. The van der Waals surface area contributed by atoms with Crippen molar-refractivity contribution in [3.8, 4) is 0 Å². The number of aromatic carboxylic acids is 1. The second-order valence-electron chi connectivity index (χ2n) is 4.93. The van der Waals surface area contributed by atoms with E-state index in [4.69, 9.17) is 5.11 Å². The van der Waals surface area contributed by atoms with E-state index in [-0.39, 0.29) is 27.0 Å². The number of thiophene rings is 1. The third kappa shape index (κ3) is 3.19. The van der Waals surface area contributed by atoms with E-state index in [1.807, 2.05) is 0 Å². The average molecular weight is 339 g/mol. The highest BCUT2D eigenvalue weighted by Crippen LogP contribution is 2.27. The summed E-state index contributed by atoms with van der Waals surface area (Å²) in [5.41, 5.74) is -1.05. The van der Waals surface area contributed by atoms with Gasteiger partial charge in [0, 0.05) is 5.54 Å². The van der Waals surface area contributed by atoms with Gasteiger partial charge in [0.2, 0.25) is 0 Å². The summed E-state index contributed by atoms with van der Waals surface area (Å²) in [4.78, 5) is 10.7. The van der Waals surface area contributed by atoms with Gasteiger partial charge < -0.3 is 5.11 Å². The molecular formula is C10H13NO6S3. The molecule has 1 saturated heterocycles. The summed E-state index contributed by atoms with van der Waals surface area (Å²) in [5, 5.41) is 8.78. The van der Waals surface area contributed by atoms with Crippen molar-refractivity contribution in [1.29, 1.82) is 0 Å². The monoisotopic (exact) mass is 339 g/mol. The van der Waals surface area contributed by atoms with Crippen LogP contribution < -0.4 is 4.72 Å². The molecule has 112 valence electrons. The second-order valence-corrected chi connectivity index (χ2v) is 10.1. The van der Waals surface area contributed by atoms with E-state index in [0.29, 0.717) is 11.3 Å². The maximum absolute atomic E-state index is 12.2. The van der Waals surface area contributed by atoms with Crippen LogP contribution in [0.3, 0.4) is 0 Å². The third-order valence-corrected chi connectivity index (χ3v) is 8.05. The molecule has 1 aromatic rings. The van der Waals surface area contributed by atoms with Gasteiger partial charge in [-0.15, -0.1) is 11.3 Å². The molecule has 0 saturated carbocycles. The standard InChI is InChI=1S/C10H13NO6S3/c1-10(4-5-19(14,15)6-10)11-20(16,17)8-3-2-7(18-8)9(12)13/h2-3,11H,4-6H2,1H3,(H,12,13). The summed E-state index contributed by atoms with van der Waals surface area (Å²) in [5.74, 6) is -1.51. The number of carboxylic acids is 1. The Kier molecular flexibility index (Phi) is 3.70. The Morgan fingerprint density at radius 3 is 2.55 bits per heavy atom. The molecule has 2 heterocycles. The lowest BCUT2D eigenvalue weighted by molar-refractivity contribution is 0.0702. The molecule has 1 aliphatic heterocycles. The summed E-state index contributed by atoms with van der Waals surface area (Å²) in [7, 11) is -7.16. The third-order valence-electron chi connectivity index (χ3n) is 2.94. The van der Waals surface area contributed by atoms with Crippen molar-refractivity contribution in [2.75, 3.05) is 11.5 Å². The number of nitrogens with one attached hydrogen (secondary N) is 1. The minimum atomic E-state index is -3.92. The minimum absolute atomic E-state index is 0.0587. The van der Waals surface area contributed by atoms with Crippen LogP contribution in [0.5, 0.6) is 0 Å². The lowest BCUT2D eigenvalue weighted by Gasteiger charge is -2.22. The summed E-state index contributed by atoms with van der Waals surface area (Å²) in [6.45, 7) is 1.53. The lowest BCUT2D eigenvalue weighted by atomic mass is 10.0. The molecule has 1 fully saturated rings. The fraction of sp³-hybridized carbons (Fsp3) is 0.500. The van der Waals surface area contributed by atoms with Gasteiger partial charge in [0.1, 0.15) is 9.09 Å². The normalized spacial score (nSPS) is 25.6. The Bertz CT molecular complexity index is 748. The van der Waals surface area contributed by atoms with Gasteiger partial charge in [0.05, 0.1) is 11.5 Å². The zero-order valence-electron chi connectivity index (χ0n) is 10.5. The smallest absolute Gasteiger partial charge is 0.345 e. The molecule has 0 spiro atoms. The summed E-state index contributed by atoms with van der Waals surface area (Å²) < 4.78 is 49.4. The number of sulfone groups is 1. The molecule has 20 heavy (non-hydrogen) atoms. The molecule has 2 rings (SSSR count). The van der Waals surface area contributed by atoms with Crippen LogP contribution in [0.2, 0.25) is 0 Å². The Morgan fingerprint density at radius 2 is 2.10 bits per heavy atom. The first kappa shape index (κ1) is 15.4. The summed E-state index contributed by atoms with van der Waals surface area (Å²) in [6.07, 6.45) is 0.200. The zero-order valence-corrected chi connectivity index (χ0v) is 12.9. The number of hydrogen-bond donors (Lipinski definition) is 2. The Morgan fingerprint density at radius 1 is 1.45 bits per heavy atom. The highest BCUT2D eigenvalue weighted by Gasteiger charge is 2.41. The minimum Gasteiger partial charge on any atom is -0.477 e. The number of carbonyl (C=O) groups is 1. The molecule has 1 aromatic heterocycles. The fourth-order valence-corrected chi connectivity index (χ4v) is 6.81. The van der Waals surface area contributed by atoms with Crippen molar-refractivity contribution in [3.63, 3.8) is 0 Å². The quantitative estimate of drug-likeness (QED) is 0.815. The average Bonchev–Trinajstić information content (AvgIpc) is 2.83. The van der Waals surface area contributed by atoms with E-state index in [9.17, 15) is 21.6 Å². The zero-order chi connectivity index (χ0) is 15.2. The van der Waals surface area contributed by atoms with Crippen LogP contribution in [-0.2, 0) is 19.9 Å². The van der Waals surface area contributed by atoms with E-state index in [1.165, 1.54) is 19.1 Å². The van der Waals surface area contributed by atoms with Crippen molar-refractivity contribution in [1.82, 2.24) is 4.72 Å². The van der Waals surface area contributed by atoms with Gasteiger partial charge in [-0.2, -0.15) is 0 Å². The van der Waals surface area contributed by atoms with E-state index >= 15 is 0 Å². The Balaban J connectivity index is 2.25. The topological polar surface area (TPSA) is 118 Å². The highest BCUT2D eigenvalue weighted by molar-refractivity contribution is 7.92. The predicted octanol–water partition coefficient (Wildman–Crippen LogP) is 0.302. The van der Waals surface area contributed by atoms with Gasteiger partial charge in [-0.05, 0) is 25.5 Å². The number of carboxylic acid groups (broad SMARTS) is 1. The van der Waals surface area contributed by atoms with Crippen LogP contribution in [0, 0.1) is 0 Å². The molecule has 0 aliphatic carbocycles. The maximum Gasteiger partial charge on any atom is 0.345 e. The molecule has 2 N–H and O–H groups in total. The van der Waals surface area contributed by atoms with Crippen LogP contribution >= 0.6 is 11.3 Å². The molecule has 0 amide bonds. The van der Waals surface area contributed by atoms with Crippen LogP contribution in [0.25, 0.3) is 0 Å². The van der Waals surface area contributed by atoms with Crippen LogP contribution in [-0.4, -0.2) is 45.0 Å². The first-order valence-corrected chi connectivity index (χ1v) is 9.73. The number of hydrogen-bond acceptors (Lipinski definition) is 6. The van der Waals surface area contributed by atoms with E-state index < -0.39 is 31.4 Å².